The minimum Gasteiger partial charge on any atom is -0.376 e. The summed E-state index contributed by atoms with van der Waals surface area (Å²) in [5.74, 6) is -0.0339. The van der Waals surface area contributed by atoms with Crippen molar-refractivity contribution in [3.63, 3.8) is 0 Å². The lowest BCUT2D eigenvalue weighted by molar-refractivity contribution is -0.143. The molecule has 1 aromatic heterocycles. The van der Waals surface area contributed by atoms with Crippen molar-refractivity contribution in [2.45, 2.75) is 51.3 Å². The van der Waals surface area contributed by atoms with Gasteiger partial charge in [-0.3, -0.25) is 14.3 Å². The molecule has 7 nitrogen and oxygen atoms in total. The van der Waals surface area contributed by atoms with Crippen LogP contribution in [0.4, 0.5) is 0 Å². The number of fused-ring (bicyclic) bond motifs is 1. The minimum absolute atomic E-state index is 0.00704. The summed E-state index contributed by atoms with van der Waals surface area (Å²) in [7, 11) is 5.34. The van der Waals surface area contributed by atoms with E-state index >= 15 is 0 Å². The van der Waals surface area contributed by atoms with Crippen molar-refractivity contribution in [1.29, 1.82) is 0 Å². The Morgan fingerprint density at radius 1 is 1.33 bits per heavy atom. The Morgan fingerprint density at radius 3 is 2.62 bits per heavy atom. The molecule has 132 valence electrons. The van der Waals surface area contributed by atoms with Gasteiger partial charge in [-0.25, -0.2) is 0 Å². The third-order valence-corrected chi connectivity index (χ3v) is 5.32. The molecule has 0 radical (unpaired) electrons. The molecular formula is C17H26N4O3. The lowest BCUT2D eigenvalue weighted by Crippen LogP contribution is -2.49. The zero-order valence-corrected chi connectivity index (χ0v) is 15.1. The van der Waals surface area contributed by atoms with Gasteiger partial charge in [0.25, 0.3) is 0 Å². The summed E-state index contributed by atoms with van der Waals surface area (Å²) in [6, 6.07) is -0.399. The van der Waals surface area contributed by atoms with Crippen LogP contribution >= 0.6 is 0 Å². The van der Waals surface area contributed by atoms with Gasteiger partial charge < -0.3 is 14.5 Å². The molecule has 3 heterocycles. The number of ether oxygens (including phenoxy) is 1. The van der Waals surface area contributed by atoms with E-state index in [1.165, 1.54) is 0 Å². The van der Waals surface area contributed by atoms with E-state index in [1.807, 2.05) is 20.9 Å². The van der Waals surface area contributed by atoms with Gasteiger partial charge in [0.05, 0.1) is 24.3 Å². The van der Waals surface area contributed by atoms with Crippen molar-refractivity contribution in [2.75, 3.05) is 20.7 Å². The number of nitrogens with zero attached hydrogens (tertiary/aromatic N) is 4. The summed E-state index contributed by atoms with van der Waals surface area (Å²) in [5, 5.41) is 4.39. The number of aryl methyl sites for hydroxylation is 2. The molecule has 1 unspecified atom stereocenters. The van der Waals surface area contributed by atoms with Crippen LogP contribution in [0.1, 0.15) is 29.8 Å². The molecule has 0 N–H and O–H groups in total. The zero-order valence-electron chi connectivity index (χ0n) is 15.1. The smallest absolute Gasteiger partial charge is 0.244 e. The quantitative estimate of drug-likeness (QED) is 0.804. The van der Waals surface area contributed by atoms with Gasteiger partial charge in [0, 0.05) is 45.4 Å². The van der Waals surface area contributed by atoms with Gasteiger partial charge in [-0.1, -0.05) is 0 Å². The van der Waals surface area contributed by atoms with Crippen LogP contribution < -0.4 is 0 Å². The van der Waals surface area contributed by atoms with E-state index in [0.29, 0.717) is 13.0 Å². The van der Waals surface area contributed by atoms with Gasteiger partial charge >= 0.3 is 0 Å². The Balaban J connectivity index is 1.86. The van der Waals surface area contributed by atoms with E-state index < -0.39 is 6.04 Å². The van der Waals surface area contributed by atoms with Crippen LogP contribution in [0.25, 0.3) is 0 Å². The van der Waals surface area contributed by atoms with Crippen LogP contribution in [0.2, 0.25) is 0 Å². The highest BCUT2D eigenvalue weighted by Gasteiger charge is 2.50. The average Bonchev–Trinajstić information content (AvgIpc) is 3.16. The molecule has 1 aromatic rings. The molecule has 0 aliphatic carbocycles. The maximum Gasteiger partial charge on any atom is 0.244 e. The summed E-state index contributed by atoms with van der Waals surface area (Å²) in [4.78, 5) is 29.0. The molecule has 24 heavy (non-hydrogen) atoms. The third-order valence-electron chi connectivity index (χ3n) is 5.32. The molecule has 0 aromatic carbocycles. The van der Waals surface area contributed by atoms with Gasteiger partial charge in [-0.05, 0) is 20.3 Å². The van der Waals surface area contributed by atoms with E-state index in [0.717, 1.165) is 23.4 Å². The van der Waals surface area contributed by atoms with E-state index in [-0.39, 0.29) is 30.4 Å². The Hall–Kier alpha value is -1.89. The second-order valence-corrected chi connectivity index (χ2v) is 7.00. The SMILES string of the molecule is Cc1nn(C)c(C)c1CC(=O)N1C(C(=O)N(C)C)C[C@@H]2OCC[C@@H]21. The number of likely N-dealkylation sites (N-methyl/N-ethyl adjacent to an activating group) is 1. The number of rotatable bonds is 3. The van der Waals surface area contributed by atoms with Gasteiger partial charge in [-0.15, -0.1) is 0 Å². The Labute approximate surface area is 142 Å². The van der Waals surface area contributed by atoms with E-state index in [2.05, 4.69) is 5.10 Å². The van der Waals surface area contributed by atoms with Crippen molar-refractivity contribution in [1.82, 2.24) is 19.6 Å². The lowest BCUT2D eigenvalue weighted by Gasteiger charge is -2.30. The van der Waals surface area contributed by atoms with Crippen molar-refractivity contribution >= 4 is 11.8 Å². The number of carbonyl (C=O) groups excluding carboxylic acids is 2. The first kappa shape index (κ1) is 17.0. The van der Waals surface area contributed by atoms with Crippen LogP contribution in [0.5, 0.6) is 0 Å². The van der Waals surface area contributed by atoms with Crippen LogP contribution in [-0.4, -0.2) is 70.3 Å². The first-order valence-corrected chi connectivity index (χ1v) is 8.44. The first-order chi connectivity index (χ1) is 11.3. The van der Waals surface area contributed by atoms with Gasteiger partial charge in [0.2, 0.25) is 11.8 Å². The Morgan fingerprint density at radius 2 is 2.04 bits per heavy atom. The molecule has 0 bridgehead atoms. The maximum absolute atomic E-state index is 13.1. The van der Waals surface area contributed by atoms with Crippen LogP contribution in [0, 0.1) is 13.8 Å². The molecule has 7 heteroatoms. The predicted octanol–water partition coefficient (Wildman–Crippen LogP) is 0.426. The van der Waals surface area contributed by atoms with E-state index in [1.54, 1.807) is 28.6 Å². The fourth-order valence-corrected chi connectivity index (χ4v) is 3.94. The highest BCUT2D eigenvalue weighted by atomic mass is 16.5. The summed E-state index contributed by atoms with van der Waals surface area (Å²) < 4.78 is 7.54. The van der Waals surface area contributed by atoms with Crippen molar-refractivity contribution in [3.05, 3.63) is 17.0 Å². The summed E-state index contributed by atoms with van der Waals surface area (Å²) in [5.41, 5.74) is 2.83. The Kier molecular flexibility index (Phi) is 4.38. The molecule has 2 saturated heterocycles. The fraction of sp³-hybridized carbons (Fsp3) is 0.706. The zero-order chi connectivity index (χ0) is 17.6. The van der Waals surface area contributed by atoms with Gasteiger partial charge in [0.15, 0.2) is 0 Å². The standard InChI is InChI=1S/C17H26N4O3/c1-10-12(11(2)20(5)18-10)8-16(22)21-13-6-7-24-15(13)9-14(21)17(23)19(3)4/h13-15H,6-9H2,1-5H3/t13-,14?,15-/m0/s1. The molecule has 2 aliphatic heterocycles. The van der Waals surface area contributed by atoms with E-state index in [4.69, 9.17) is 4.74 Å². The average molecular weight is 334 g/mol. The normalized spacial score (nSPS) is 25.9. The second kappa shape index (κ2) is 6.20. The highest BCUT2D eigenvalue weighted by molar-refractivity contribution is 5.89. The predicted molar refractivity (Wildman–Crippen MR) is 88.5 cm³/mol. The number of carbonyl (C=O) groups is 2. The summed E-state index contributed by atoms with van der Waals surface area (Å²) >= 11 is 0. The largest absolute Gasteiger partial charge is 0.376 e. The topological polar surface area (TPSA) is 67.7 Å². The Bertz CT molecular complexity index is 667. The monoisotopic (exact) mass is 334 g/mol. The molecule has 3 rings (SSSR count). The molecule has 2 amide bonds. The van der Waals surface area contributed by atoms with Crippen molar-refractivity contribution in [2.24, 2.45) is 7.05 Å². The van der Waals surface area contributed by atoms with Crippen LogP contribution in [0.3, 0.4) is 0 Å². The molecule has 0 spiro atoms. The molecule has 2 aliphatic rings. The third kappa shape index (κ3) is 2.70. The minimum atomic E-state index is -0.417. The fourth-order valence-electron chi connectivity index (χ4n) is 3.94. The summed E-state index contributed by atoms with van der Waals surface area (Å²) in [6.45, 7) is 4.55. The number of hydrogen-bond donors (Lipinski definition) is 0. The number of hydrogen-bond acceptors (Lipinski definition) is 4. The van der Waals surface area contributed by atoms with Gasteiger partial charge in [0.1, 0.15) is 6.04 Å². The number of likely N-dealkylation sites (tertiary alicyclic amines) is 1. The highest BCUT2D eigenvalue weighted by Crippen LogP contribution is 2.35. The number of aromatic nitrogens is 2. The maximum atomic E-state index is 13.1. The summed E-state index contributed by atoms with van der Waals surface area (Å²) in [6.07, 6.45) is 1.67. The van der Waals surface area contributed by atoms with Crippen LogP contribution in [0.15, 0.2) is 0 Å². The van der Waals surface area contributed by atoms with Crippen molar-refractivity contribution in [3.8, 4) is 0 Å². The van der Waals surface area contributed by atoms with Crippen LogP contribution in [-0.2, 0) is 27.8 Å². The second-order valence-electron chi connectivity index (χ2n) is 7.00. The first-order valence-electron chi connectivity index (χ1n) is 8.44. The lowest BCUT2D eigenvalue weighted by atomic mass is 10.1. The van der Waals surface area contributed by atoms with Crippen molar-refractivity contribution < 1.29 is 14.3 Å². The van der Waals surface area contributed by atoms with Gasteiger partial charge in [-0.2, -0.15) is 5.10 Å². The number of amides is 2. The molecule has 2 fully saturated rings. The van der Waals surface area contributed by atoms with E-state index in [9.17, 15) is 9.59 Å². The molecule has 3 atom stereocenters. The molecule has 0 saturated carbocycles. The molecular weight excluding hydrogens is 308 g/mol.